The van der Waals surface area contributed by atoms with Gasteiger partial charge < -0.3 is 10.6 Å². The fourth-order valence-electron chi connectivity index (χ4n) is 3.70. The third-order valence-electron chi connectivity index (χ3n) is 5.56. The number of nitrogens with one attached hydrogen (secondary N) is 1. The van der Waals surface area contributed by atoms with E-state index in [4.69, 9.17) is 5.73 Å². The molecule has 3 N–H and O–H groups in total. The van der Waals surface area contributed by atoms with Crippen molar-refractivity contribution < 1.29 is 0 Å². The molecule has 0 amide bonds. The molecule has 0 bridgehead atoms. The summed E-state index contributed by atoms with van der Waals surface area (Å²) in [6.45, 7) is 3.07. The molecular formula is C28H33N7O4. The van der Waals surface area contributed by atoms with Crippen LogP contribution in [0.4, 0.5) is 11.6 Å². The first kappa shape index (κ1) is 28.6. The lowest BCUT2D eigenvalue weighted by Crippen LogP contribution is -2.39. The fraction of sp³-hybridized carbons (Fsp3) is 0.250. The number of nitrogens with two attached hydrogens (primary N) is 1. The van der Waals surface area contributed by atoms with Crippen molar-refractivity contribution in [3.63, 3.8) is 0 Å². The number of nitrogen functional groups attached to an aromatic ring is 1. The van der Waals surface area contributed by atoms with Gasteiger partial charge in [0.15, 0.2) is 0 Å². The van der Waals surface area contributed by atoms with E-state index in [1.165, 1.54) is 25.8 Å². The number of rotatable bonds is 8. The largest absolute Gasteiger partial charge is 0.385 e. The van der Waals surface area contributed by atoms with Crippen LogP contribution >= 0.6 is 0 Å². The van der Waals surface area contributed by atoms with Crippen molar-refractivity contribution >= 4 is 18.0 Å². The molecule has 4 aromatic rings. The highest BCUT2D eigenvalue weighted by Gasteiger charge is 2.11. The van der Waals surface area contributed by atoms with Crippen LogP contribution in [0.3, 0.4) is 0 Å². The van der Waals surface area contributed by atoms with Gasteiger partial charge in [0, 0.05) is 32.8 Å². The predicted molar refractivity (Wildman–Crippen MR) is 154 cm³/mol. The quantitative estimate of drug-likeness (QED) is 0.263. The molecular weight excluding hydrogens is 498 g/mol. The molecule has 39 heavy (non-hydrogen) atoms. The van der Waals surface area contributed by atoms with Gasteiger partial charge in [0.25, 0.3) is 11.1 Å². The molecule has 4 rings (SSSR count). The van der Waals surface area contributed by atoms with Crippen LogP contribution in [0.2, 0.25) is 0 Å². The fourth-order valence-corrected chi connectivity index (χ4v) is 3.70. The number of H-pyrrole nitrogens is 1. The Balaban J connectivity index is 0.000000230. The molecule has 0 atom stereocenters. The predicted octanol–water partition coefficient (Wildman–Crippen LogP) is 1.86. The summed E-state index contributed by atoms with van der Waals surface area (Å²) in [5, 5.41) is 0. The van der Waals surface area contributed by atoms with Crippen LogP contribution in [0.1, 0.15) is 24.5 Å². The lowest BCUT2D eigenvalue weighted by molar-refractivity contribution is 0.567. The topological polar surface area (TPSA) is 140 Å². The molecule has 11 heteroatoms. The zero-order valence-corrected chi connectivity index (χ0v) is 22.3. The number of benzene rings is 2. The lowest BCUT2D eigenvalue weighted by Gasteiger charge is -2.13. The highest BCUT2D eigenvalue weighted by Crippen LogP contribution is 2.10. The van der Waals surface area contributed by atoms with E-state index in [0.717, 1.165) is 17.5 Å². The van der Waals surface area contributed by atoms with E-state index in [9.17, 15) is 19.2 Å². The van der Waals surface area contributed by atoms with Crippen molar-refractivity contribution in [2.24, 2.45) is 4.99 Å². The highest BCUT2D eigenvalue weighted by molar-refractivity contribution is 5.59. The van der Waals surface area contributed by atoms with Crippen molar-refractivity contribution in [1.82, 2.24) is 23.6 Å². The summed E-state index contributed by atoms with van der Waals surface area (Å²) in [7, 11) is 3.67. The van der Waals surface area contributed by atoms with Crippen molar-refractivity contribution in [2.45, 2.75) is 33.0 Å². The van der Waals surface area contributed by atoms with E-state index >= 15 is 0 Å². The van der Waals surface area contributed by atoms with Crippen molar-refractivity contribution in [3.8, 4) is 0 Å². The van der Waals surface area contributed by atoms with E-state index in [1.807, 2.05) is 81.7 Å². The third kappa shape index (κ3) is 8.03. The number of aliphatic imine (C=N–C) groups is 1. The summed E-state index contributed by atoms with van der Waals surface area (Å²) in [4.78, 5) is 55.5. The number of hydrogen-bond acceptors (Lipinski definition) is 6. The molecule has 2 aromatic heterocycles. The number of aromatic nitrogens is 4. The highest BCUT2D eigenvalue weighted by atomic mass is 16.2. The maximum atomic E-state index is 12.7. The summed E-state index contributed by atoms with van der Waals surface area (Å²) >= 11 is 0. The Morgan fingerprint density at radius 1 is 0.846 bits per heavy atom. The first-order chi connectivity index (χ1) is 18.7. The molecule has 0 aliphatic carbocycles. The van der Waals surface area contributed by atoms with Gasteiger partial charge in [-0.15, -0.1) is 0 Å². The first-order valence-electron chi connectivity index (χ1n) is 12.4. The van der Waals surface area contributed by atoms with Crippen LogP contribution in [-0.2, 0) is 19.6 Å². The van der Waals surface area contributed by atoms with E-state index in [1.54, 1.807) is 11.2 Å². The van der Waals surface area contributed by atoms with E-state index in [2.05, 4.69) is 9.98 Å². The molecule has 0 saturated carbocycles. The second-order valence-electron chi connectivity index (χ2n) is 8.99. The second kappa shape index (κ2) is 13.6. The van der Waals surface area contributed by atoms with Gasteiger partial charge in [-0.3, -0.25) is 28.3 Å². The lowest BCUT2D eigenvalue weighted by atomic mass is 10.2. The van der Waals surface area contributed by atoms with Gasteiger partial charge in [0.1, 0.15) is 11.6 Å². The molecule has 0 fully saturated rings. The summed E-state index contributed by atoms with van der Waals surface area (Å²) in [5.41, 5.74) is 5.94. The van der Waals surface area contributed by atoms with Gasteiger partial charge in [-0.05, 0) is 17.5 Å². The molecule has 0 unspecified atom stereocenters. The zero-order valence-electron chi connectivity index (χ0n) is 22.3. The summed E-state index contributed by atoms with van der Waals surface area (Å²) in [5.74, 6) is 0.530. The molecule has 0 spiro atoms. The average molecular weight is 532 g/mol. The van der Waals surface area contributed by atoms with Gasteiger partial charge in [0.05, 0.1) is 19.4 Å². The molecule has 0 aliphatic heterocycles. The Morgan fingerprint density at radius 2 is 1.41 bits per heavy atom. The molecule has 0 saturated heterocycles. The Labute approximate surface area is 225 Å². The molecule has 0 radical (unpaired) electrons. The van der Waals surface area contributed by atoms with Gasteiger partial charge >= 0.3 is 11.4 Å². The monoisotopic (exact) mass is 531 g/mol. The van der Waals surface area contributed by atoms with Crippen LogP contribution in [0.5, 0.6) is 0 Å². The minimum atomic E-state index is -0.492. The van der Waals surface area contributed by atoms with E-state index in [-0.39, 0.29) is 17.1 Å². The third-order valence-corrected chi connectivity index (χ3v) is 5.56. The minimum Gasteiger partial charge on any atom is -0.385 e. The number of anilines is 1. The summed E-state index contributed by atoms with van der Waals surface area (Å²) < 4.78 is 4.11. The zero-order chi connectivity index (χ0) is 28.4. The number of aromatic amines is 1. The molecule has 0 aliphatic rings. The molecule has 11 nitrogen and oxygen atoms in total. The smallest absolute Gasteiger partial charge is 0.332 e. The molecule has 2 heterocycles. The van der Waals surface area contributed by atoms with E-state index in [0.29, 0.717) is 25.5 Å². The van der Waals surface area contributed by atoms with Gasteiger partial charge in [-0.2, -0.15) is 0 Å². The van der Waals surface area contributed by atoms with Crippen molar-refractivity contribution in [3.05, 3.63) is 126 Å². The maximum absolute atomic E-state index is 12.7. The van der Waals surface area contributed by atoms with Gasteiger partial charge in [-0.25, -0.2) is 14.6 Å². The van der Waals surface area contributed by atoms with Crippen LogP contribution in [0.25, 0.3) is 0 Å². The van der Waals surface area contributed by atoms with Crippen molar-refractivity contribution in [1.29, 1.82) is 0 Å². The Bertz CT molecular complexity index is 1630. The van der Waals surface area contributed by atoms with E-state index < -0.39 is 11.2 Å². The normalized spacial score (nSPS) is 10.7. The van der Waals surface area contributed by atoms with Gasteiger partial charge in [0.2, 0.25) is 0 Å². The van der Waals surface area contributed by atoms with Crippen LogP contribution in [-0.4, -0.2) is 44.0 Å². The second-order valence-corrected chi connectivity index (χ2v) is 8.99. The number of nitrogens with zero attached hydrogens (tertiary/aromatic N) is 5. The standard InChI is InChI=1S/C17H22N4O2.C11H11N3O2/c1-4-10-20-16(22)11-15(18-13-19(2)3)21(17(20)23)12-14-8-6-5-7-9-14;12-9-6-10(15)13-11(16)14(9)7-8-4-2-1-3-5-8/h5-9,11,13H,4,10,12H2,1-3H3;1-6H,7,12H2,(H,13,15,16). The van der Waals surface area contributed by atoms with Crippen LogP contribution < -0.4 is 28.2 Å². The Hall–Kier alpha value is -4.93. The summed E-state index contributed by atoms with van der Waals surface area (Å²) in [6, 6.07) is 21.7. The maximum Gasteiger partial charge on any atom is 0.332 e. The number of hydrogen-bond donors (Lipinski definition) is 2. The first-order valence-corrected chi connectivity index (χ1v) is 12.4. The van der Waals surface area contributed by atoms with Gasteiger partial charge in [-0.1, -0.05) is 67.6 Å². The Kier molecular flexibility index (Phi) is 9.96. The minimum absolute atomic E-state index is 0.164. The SMILES string of the molecule is CCCn1c(=O)cc(N=CN(C)C)n(Cc2ccccc2)c1=O.Nc1cc(=O)[nH]c(=O)n1Cc1ccccc1. The van der Waals surface area contributed by atoms with Crippen molar-refractivity contribution in [2.75, 3.05) is 19.8 Å². The summed E-state index contributed by atoms with van der Waals surface area (Å²) in [6.07, 6.45) is 2.31. The Morgan fingerprint density at radius 3 is 1.92 bits per heavy atom. The molecule has 2 aromatic carbocycles. The van der Waals surface area contributed by atoms with Crippen LogP contribution in [0, 0.1) is 0 Å². The molecule has 204 valence electrons. The van der Waals surface area contributed by atoms with Crippen LogP contribution in [0.15, 0.2) is 97.0 Å². The average Bonchev–Trinajstić information content (AvgIpc) is 2.91.